The highest BCUT2D eigenvalue weighted by molar-refractivity contribution is 5.89. The Morgan fingerprint density at radius 1 is 0.735 bits per heavy atom. The largest absolute Gasteiger partial charge is 0.490 e. The first-order valence-corrected chi connectivity index (χ1v) is 18.0. The molecule has 1 aromatic carbocycles. The molecule has 0 aliphatic carbocycles. The average molecular weight is 692 g/mol. The van der Waals surface area contributed by atoms with E-state index in [4.69, 9.17) is 20.7 Å². The van der Waals surface area contributed by atoms with Gasteiger partial charge in [0.25, 0.3) is 0 Å². The van der Waals surface area contributed by atoms with Crippen molar-refractivity contribution in [1.29, 1.82) is 0 Å². The third kappa shape index (κ3) is 21.2. The summed E-state index contributed by atoms with van der Waals surface area (Å²) in [6, 6.07) is 5.16. The number of carboxylic acid groups (broad SMARTS) is 2. The van der Waals surface area contributed by atoms with E-state index >= 15 is 0 Å². The van der Waals surface area contributed by atoms with Crippen LogP contribution in [0.1, 0.15) is 135 Å². The number of benzene rings is 1. The van der Waals surface area contributed by atoms with Crippen molar-refractivity contribution >= 4 is 29.5 Å². The zero-order valence-electron chi connectivity index (χ0n) is 29.8. The summed E-state index contributed by atoms with van der Waals surface area (Å²) < 4.78 is 6.42. The summed E-state index contributed by atoms with van der Waals surface area (Å²) in [5.41, 5.74) is 6.32. The van der Waals surface area contributed by atoms with Gasteiger partial charge in [-0.05, 0) is 69.6 Å². The molecular weight excluding hydrogens is 630 g/mol. The number of ketones is 1. The van der Waals surface area contributed by atoms with E-state index in [2.05, 4.69) is 17.6 Å². The Labute approximate surface area is 291 Å². The highest BCUT2D eigenvalue weighted by atomic mass is 16.5. The second-order valence-electron chi connectivity index (χ2n) is 13.2. The zero-order valence-corrected chi connectivity index (χ0v) is 29.8. The minimum Gasteiger partial charge on any atom is -0.490 e. The Hall–Kier alpha value is -3.51. The first-order valence-electron chi connectivity index (χ1n) is 18.0. The highest BCUT2D eigenvalue weighted by Gasteiger charge is 2.28. The van der Waals surface area contributed by atoms with E-state index in [0.29, 0.717) is 12.2 Å². The topological polar surface area (TPSA) is 205 Å². The average Bonchev–Trinajstić information content (AvgIpc) is 3.04. The third-order valence-corrected chi connectivity index (χ3v) is 8.63. The van der Waals surface area contributed by atoms with Crippen molar-refractivity contribution in [3.05, 3.63) is 29.8 Å². The van der Waals surface area contributed by atoms with Gasteiger partial charge in [-0.1, -0.05) is 70.9 Å². The van der Waals surface area contributed by atoms with Crippen molar-refractivity contribution in [3.8, 4) is 5.75 Å². The Morgan fingerprint density at radius 2 is 1.29 bits per heavy atom. The molecule has 7 N–H and O–H groups in total. The van der Waals surface area contributed by atoms with Crippen LogP contribution in [0.5, 0.6) is 5.75 Å². The molecular formula is C37H61N3O9. The van der Waals surface area contributed by atoms with Crippen LogP contribution >= 0.6 is 0 Å². The minimum atomic E-state index is -1.52. The summed E-state index contributed by atoms with van der Waals surface area (Å²) in [5.74, 6) is -3.06. The lowest BCUT2D eigenvalue weighted by atomic mass is 10.0. The monoisotopic (exact) mass is 691 g/mol. The van der Waals surface area contributed by atoms with Gasteiger partial charge in [-0.15, -0.1) is 0 Å². The van der Waals surface area contributed by atoms with Crippen molar-refractivity contribution in [2.45, 2.75) is 161 Å². The van der Waals surface area contributed by atoms with Crippen LogP contribution in [0.25, 0.3) is 0 Å². The fraction of sp³-hybridized carbons (Fsp3) is 0.703. The number of unbranched alkanes of at least 4 members (excludes halogenated alkanes) is 8. The Morgan fingerprint density at radius 3 is 1.84 bits per heavy atom. The lowest BCUT2D eigenvalue weighted by molar-refractivity contribution is -0.138. The number of aliphatic hydroxyl groups excluding tert-OH is 1. The van der Waals surface area contributed by atoms with Crippen LogP contribution in [0.2, 0.25) is 0 Å². The maximum Gasteiger partial charge on any atom is 0.303 e. The third-order valence-electron chi connectivity index (χ3n) is 8.63. The molecule has 278 valence electrons. The van der Waals surface area contributed by atoms with Gasteiger partial charge >= 0.3 is 11.9 Å². The van der Waals surface area contributed by atoms with Crippen LogP contribution in [0.4, 0.5) is 0 Å². The van der Waals surface area contributed by atoms with E-state index in [1.165, 1.54) is 32.1 Å². The summed E-state index contributed by atoms with van der Waals surface area (Å²) in [4.78, 5) is 59.6. The van der Waals surface area contributed by atoms with Crippen molar-refractivity contribution in [1.82, 2.24) is 10.6 Å². The SMILES string of the molecule is CCCCCCCCC(CCCCCCC(C)=O)Oc1ccc(CC(NC(=O)[C@@H](C)CCC(=O)O)C(=O)N[C@@H](CCC(=O)O)C(N)O)cc1. The van der Waals surface area contributed by atoms with Gasteiger partial charge in [-0.3, -0.25) is 19.2 Å². The van der Waals surface area contributed by atoms with Crippen LogP contribution in [-0.2, 0) is 30.4 Å². The molecule has 0 aromatic heterocycles. The molecule has 5 atom stereocenters. The number of amides is 2. The lowest BCUT2D eigenvalue weighted by Gasteiger charge is -2.26. The smallest absolute Gasteiger partial charge is 0.303 e. The molecule has 0 bridgehead atoms. The molecule has 2 amide bonds. The number of rotatable bonds is 29. The standard InChI is InChI=1S/C37H61N3O9/c1-4-5-6-7-8-12-15-29(16-13-10-9-11-14-27(3)41)49-30-20-18-28(19-21-30)25-32(40-36(47)26(2)17-23-33(42)43)37(48)39-31(35(38)46)22-24-34(44)45/h18-21,26,29,31-32,35,46H,4-17,22-25,38H2,1-3H3,(H,39,48)(H,40,47)(H,42,43)(H,44,45)/t26-,29?,31-,32?,35?/m0/s1. The van der Waals surface area contributed by atoms with Crippen LogP contribution in [0.3, 0.4) is 0 Å². The first-order chi connectivity index (χ1) is 23.3. The summed E-state index contributed by atoms with van der Waals surface area (Å²) in [5, 5.41) is 33.3. The molecule has 1 rings (SSSR count). The van der Waals surface area contributed by atoms with E-state index in [0.717, 1.165) is 50.5 Å². The predicted octanol–water partition coefficient (Wildman–Crippen LogP) is 5.27. The zero-order chi connectivity index (χ0) is 36.6. The fourth-order valence-electron chi connectivity index (χ4n) is 5.53. The summed E-state index contributed by atoms with van der Waals surface area (Å²) in [7, 11) is 0. The van der Waals surface area contributed by atoms with E-state index in [1.54, 1.807) is 13.8 Å². The van der Waals surface area contributed by atoms with Gasteiger partial charge in [0.2, 0.25) is 11.8 Å². The highest BCUT2D eigenvalue weighted by Crippen LogP contribution is 2.22. The molecule has 1 aromatic rings. The normalized spacial score (nSPS) is 14.2. The van der Waals surface area contributed by atoms with Crippen molar-refractivity contribution < 1.29 is 44.0 Å². The van der Waals surface area contributed by atoms with E-state index < -0.39 is 48.0 Å². The van der Waals surface area contributed by atoms with Gasteiger partial charge in [-0.2, -0.15) is 0 Å². The van der Waals surface area contributed by atoms with Gasteiger partial charge < -0.3 is 41.2 Å². The van der Waals surface area contributed by atoms with Gasteiger partial charge in [-0.25, -0.2) is 0 Å². The Kier molecular flexibility index (Phi) is 22.6. The molecule has 49 heavy (non-hydrogen) atoms. The molecule has 0 heterocycles. The van der Waals surface area contributed by atoms with Gasteiger partial charge in [0.05, 0.1) is 12.1 Å². The molecule has 0 saturated carbocycles. The second kappa shape index (κ2) is 25.5. The lowest BCUT2D eigenvalue weighted by Crippen LogP contribution is -2.55. The van der Waals surface area contributed by atoms with E-state index in [1.807, 2.05) is 24.3 Å². The van der Waals surface area contributed by atoms with Gasteiger partial charge in [0.1, 0.15) is 23.8 Å². The number of hydrogen-bond acceptors (Lipinski definition) is 8. The Balaban J connectivity index is 3.00. The van der Waals surface area contributed by atoms with Gasteiger partial charge in [0, 0.05) is 31.6 Å². The maximum atomic E-state index is 13.4. The molecule has 0 fully saturated rings. The predicted molar refractivity (Wildman–Crippen MR) is 188 cm³/mol. The molecule has 0 aliphatic heterocycles. The molecule has 12 heteroatoms. The number of ether oxygens (including phenoxy) is 1. The number of carboxylic acids is 2. The van der Waals surface area contributed by atoms with Crippen LogP contribution in [0.15, 0.2) is 24.3 Å². The number of Topliss-reactive ketones (excluding diaryl/α,β-unsaturated/α-hetero) is 1. The quantitative estimate of drug-likeness (QED) is 0.0474. The summed E-state index contributed by atoms with van der Waals surface area (Å²) in [6.07, 6.45) is 11.7. The number of carbonyl (C=O) groups excluding carboxylic acids is 3. The molecule has 0 spiro atoms. The number of aliphatic carboxylic acids is 2. The first kappa shape index (κ1) is 43.5. The second-order valence-corrected chi connectivity index (χ2v) is 13.2. The summed E-state index contributed by atoms with van der Waals surface area (Å²) >= 11 is 0. The van der Waals surface area contributed by atoms with Crippen molar-refractivity contribution in [2.75, 3.05) is 0 Å². The minimum absolute atomic E-state index is 0.0559. The van der Waals surface area contributed by atoms with Crippen LogP contribution in [-0.4, -0.2) is 69.3 Å². The van der Waals surface area contributed by atoms with Crippen molar-refractivity contribution in [2.24, 2.45) is 11.7 Å². The Bertz CT molecular complexity index is 1130. The van der Waals surface area contributed by atoms with Crippen LogP contribution in [0, 0.1) is 5.92 Å². The van der Waals surface area contributed by atoms with Crippen LogP contribution < -0.4 is 21.1 Å². The summed E-state index contributed by atoms with van der Waals surface area (Å²) in [6.45, 7) is 5.40. The molecule has 0 saturated heterocycles. The van der Waals surface area contributed by atoms with E-state index in [9.17, 15) is 29.1 Å². The maximum absolute atomic E-state index is 13.4. The fourth-order valence-corrected chi connectivity index (χ4v) is 5.53. The number of nitrogens with one attached hydrogen (secondary N) is 2. The molecule has 3 unspecified atom stereocenters. The van der Waals surface area contributed by atoms with E-state index in [-0.39, 0.29) is 44.0 Å². The number of carbonyl (C=O) groups is 5. The molecule has 0 aliphatic rings. The van der Waals surface area contributed by atoms with Gasteiger partial charge in [0.15, 0.2) is 0 Å². The molecule has 12 nitrogen and oxygen atoms in total. The number of nitrogens with two attached hydrogens (primary N) is 1. The van der Waals surface area contributed by atoms with Crippen molar-refractivity contribution in [3.63, 3.8) is 0 Å². The number of aliphatic hydroxyl groups is 1. The number of hydrogen-bond donors (Lipinski definition) is 6. The molecule has 0 radical (unpaired) electrons.